The van der Waals surface area contributed by atoms with Gasteiger partial charge in [-0.05, 0) is 57.3 Å². The Kier molecular flexibility index (Phi) is 3.85. The highest BCUT2D eigenvalue weighted by Gasteiger charge is 2.40. The zero-order chi connectivity index (χ0) is 21.2. The standard InChI is InChI=1S/C28H23BO2/c1-28(2,3)20-11-5-4-10-19(20)18-16-25-27-26(17-18)31-24-15-9-7-13-22(24)29(27)21-12-6-8-14-23(21)30-25/h4-17H,1-3H3. The quantitative estimate of drug-likeness (QED) is 0.344. The van der Waals surface area contributed by atoms with Crippen molar-refractivity contribution in [2.75, 3.05) is 0 Å². The molecule has 4 aromatic carbocycles. The Morgan fingerprint density at radius 1 is 0.613 bits per heavy atom. The zero-order valence-electron chi connectivity index (χ0n) is 18.0. The fraction of sp³-hybridized carbons (Fsp3) is 0.143. The molecule has 0 radical (unpaired) electrons. The van der Waals surface area contributed by atoms with Gasteiger partial charge in [0, 0.05) is 5.46 Å². The lowest BCUT2D eigenvalue weighted by atomic mass is 9.35. The maximum atomic E-state index is 6.45. The van der Waals surface area contributed by atoms with Gasteiger partial charge in [-0.25, -0.2) is 0 Å². The van der Waals surface area contributed by atoms with E-state index in [1.54, 1.807) is 0 Å². The molecule has 2 aliphatic heterocycles. The van der Waals surface area contributed by atoms with Crippen molar-refractivity contribution in [2.24, 2.45) is 0 Å². The predicted molar refractivity (Wildman–Crippen MR) is 128 cm³/mol. The normalized spacial score (nSPS) is 13.5. The van der Waals surface area contributed by atoms with Crippen LogP contribution in [0.3, 0.4) is 0 Å². The smallest absolute Gasteiger partial charge is 0.260 e. The number of benzene rings is 4. The highest BCUT2D eigenvalue weighted by molar-refractivity contribution is 6.98. The van der Waals surface area contributed by atoms with Gasteiger partial charge in [-0.2, -0.15) is 0 Å². The van der Waals surface area contributed by atoms with Crippen LogP contribution in [-0.2, 0) is 5.41 Å². The van der Waals surface area contributed by atoms with Crippen LogP contribution in [-0.4, -0.2) is 6.71 Å². The van der Waals surface area contributed by atoms with Crippen LogP contribution in [0.15, 0.2) is 84.9 Å². The molecule has 2 aliphatic rings. The summed E-state index contributed by atoms with van der Waals surface area (Å²) in [6, 6.07) is 29.7. The summed E-state index contributed by atoms with van der Waals surface area (Å²) in [5.41, 5.74) is 7.19. The highest BCUT2D eigenvalue weighted by Crippen LogP contribution is 2.40. The fourth-order valence-electron chi connectivity index (χ4n) is 4.94. The van der Waals surface area contributed by atoms with E-state index in [0.717, 1.165) is 34.0 Å². The van der Waals surface area contributed by atoms with Crippen LogP contribution in [0.4, 0.5) is 0 Å². The average Bonchev–Trinajstić information content (AvgIpc) is 2.78. The molecule has 0 aromatic heterocycles. The van der Waals surface area contributed by atoms with Crippen LogP contribution in [0.5, 0.6) is 23.0 Å². The second-order valence-corrected chi connectivity index (χ2v) is 9.39. The molecule has 0 unspecified atom stereocenters. The summed E-state index contributed by atoms with van der Waals surface area (Å²) in [4.78, 5) is 0. The van der Waals surface area contributed by atoms with Crippen molar-refractivity contribution in [2.45, 2.75) is 26.2 Å². The van der Waals surface area contributed by atoms with E-state index in [4.69, 9.17) is 9.47 Å². The van der Waals surface area contributed by atoms with Gasteiger partial charge in [0.25, 0.3) is 6.71 Å². The first-order valence-electron chi connectivity index (χ1n) is 10.8. The summed E-state index contributed by atoms with van der Waals surface area (Å²) < 4.78 is 12.9. The first kappa shape index (κ1) is 18.3. The lowest BCUT2D eigenvalue weighted by molar-refractivity contribution is 0.465. The monoisotopic (exact) mass is 402 g/mol. The van der Waals surface area contributed by atoms with Gasteiger partial charge in [-0.3, -0.25) is 0 Å². The number of fused-ring (bicyclic) bond motifs is 4. The van der Waals surface area contributed by atoms with Crippen molar-refractivity contribution < 1.29 is 9.47 Å². The Labute approximate surface area is 183 Å². The van der Waals surface area contributed by atoms with Gasteiger partial charge in [-0.1, -0.05) is 81.4 Å². The van der Waals surface area contributed by atoms with Crippen molar-refractivity contribution >= 4 is 23.1 Å². The molecule has 0 atom stereocenters. The molecule has 0 saturated carbocycles. The van der Waals surface area contributed by atoms with Crippen LogP contribution in [0, 0.1) is 0 Å². The molecule has 2 nitrogen and oxygen atoms in total. The molecule has 0 fully saturated rings. The lowest BCUT2D eigenvalue weighted by Gasteiger charge is -2.33. The summed E-state index contributed by atoms with van der Waals surface area (Å²) in [6.07, 6.45) is 0. The van der Waals surface area contributed by atoms with Crippen molar-refractivity contribution in [1.82, 2.24) is 0 Å². The Morgan fingerprint density at radius 2 is 1.13 bits per heavy atom. The van der Waals surface area contributed by atoms with Gasteiger partial charge < -0.3 is 9.47 Å². The predicted octanol–water partition coefficient (Wildman–Crippen LogP) is 5.38. The van der Waals surface area contributed by atoms with E-state index in [2.05, 4.69) is 93.6 Å². The molecule has 6 rings (SSSR count). The summed E-state index contributed by atoms with van der Waals surface area (Å²) in [5, 5.41) is 0. The van der Waals surface area contributed by atoms with Gasteiger partial charge in [0.15, 0.2) is 0 Å². The van der Waals surface area contributed by atoms with E-state index in [1.165, 1.54) is 22.1 Å². The van der Waals surface area contributed by atoms with Crippen LogP contribution in [0.2, 0.25) is 0 Å². The van der Waals surface area contributed by atoms with Gasteiger partial charge in [-0.15, -0.1) is 0 Å². The molecule has 31 heavy (non-hydrogen) atoms. The Morgan fingerprint density at radius 3 is 1.71 bits per heavy atom. The molecule has 0 N–H and O–H groups in total. The molecule has 0 saturated heterocycles. The fourth-order valence-corrected chi connectivity index (χ4v) is 4.94. The summed E-state index contributed by atoms with van der Waals surface area (Å²) in [6.45, 7) is 6.88. The SMILES string of the molecule is CC(C)(C)c1ccccc1-c1cc2c3c(c1)Oc1ccccc1B3c1ccccc1O2. The Hall–Kier alpha value is -3.46. The number of hydrogen-bond acceptors (Lipinski definition) is 2. The van der Waals surface area contributed by atoms with Crippen LogP contribution < -0.4 is 25.9 Å². The highest BCUT2D eigenvalue weighted by atomic mass is 16.5. The lowest BCUT2D eigenvalue weighted by Crippen LogP contribution is -2.57. The van der Waals surface area contributed by atoms with E-state index in [-0.39, 0.29) is 12.1 Å². The molecule has 0 bridgehead atoms. The molecule has 3 heteroatoms. The molecule has 2 heterocycles. The number of hydrogen-bond donors (Lipinski definition) is 0. The molecule has 0 aliphatic carbocycles. The molecular weight excluding hydrogens is 379 g/mol. The molecule has 0 amide bonds. The largest absolute Gasteiger partial charge is 0.458 e. The Bertz CT molecular complexity index is 1260. The third-order valence-electron chi connectivity index (χ3n) is 6.34. The van der Waals surface area contributed by atoms with Crippen LogP contribution in [0.25, 0.3) is 11.1 Å². The minimum atomic E-state index is 0.0349. The van der Waals surface area contributed by atoms with Crippen LogP contribution in [0.1, 0.15) is 26.3 Å². The van der Waals surface area contributed by atoms with Gasteiger partial charge in [0.1, 0.15) is 23.0 Å². The van der Waals surface area contributed by atoms with Gasteiger partial charge in [0.05, 0.1) is 0 Å². The minimum absolute atomic E-state index is 0.0349. The van der Waals surface area contributed by atoms with E-state index in [1.807, 2.05) is 12.1 Å². The number of para-hydroxylation sites is 2. The Balaban J connectivity index is 1.62. The first-order valence-corrected chi connectivity index (χ1v) is 10.8. The van der Waals surface area contributed by atoms with Crippen molar-refractivity contribution in [3.05, 3.63) is 90.5 Å². The molecular formula is C28H23BO2. The molecule has 4 aromatic rings. The van der Waals surface area contributed by atoms with E-state index in [0.29, 0.717) is 0 Å². The van der Waals surface area contributed by atoms with E-state index >= 15 is 0 Å². The van der Waals surface area contributed by atoms with Gasteiger partial charge in [0.2, 0.25) is 0 Å². The number of ether oxygens (including phenoxy) is 2. The van der Waals surface area contributed by atoms with E-state index < -0.39 is 0 Å². The van der Waals surface area contributed by atoms with Gasteiger partial charge >= 0.3 is 0 Å². The second-order valence-electron chi connectivity index (χ2n) is 9.39. The summed E-state index contributed by atoms with van der Waals surface area (Å²) in [7, 11) is 0. The summed E-state index contributed by atoms with van der Waals surface area (Å²) >= 11 is 0. The maximum Gasteiger partial charge on any atom is 0.260 e. The third kappa shape index (κ3) is 2.80. The molecule has 150 valence electrons. The third-order valence-corrected chi connectivity index (χ3v) is 6.34. The van der Waals surface area contributed by atoms with Crippen LogP contribution >= 0.6 is 0 Å². The maximum absolute atomic E-state index is 6.45. The summed E-state index contributed by atoms with van der Waals surface area (Å²) in [5.74, 6) is 3.61. The minimum Gasteiger partial charge on any atom is -0.458 e. The zero-order valence-corrected chi connectivity index (χ0v) is 18.0. The topological polar surface area (TPSA) is 18.5 Å². The molecule has 0 spiro atoms. The number of rotatable bonds is 1. The van der Waals surface area contributed by atoms with E-state index in [9.17, 15) is 0 Å². The second kappa shape index (κ2) is 6.52. The van der Waals surface area contributed by atoms with Crippen molar-refractivity contribution in [3.8, 4) is 34.1 Å². The van der Waals surface area contributed by atoms with Crippen molar-refractivity contribution in [3.63, 3.8) is 0 Å². The first-order chi connectivity index (χ1) is 15.0. The average molecular weight is 402 g/mol. The van der Waals surface area contributed by atoms with Crippen molar-refractivity contribution in [1.29, 1.82) is 0 Å².